The van der Waals surface area contributed by atoms with E-state index in [1.807, 2.05) is 25.1 Å². The van der Waals surface area contributed by atoms with Gasteiger partial charge in [0.25, 0.3) is 5.91 Å². The van der Waals surface area contributed by atoms with E-state index < -0.39 is 0 Å². The summed E-state index contributed by atoms with van der Waals surface area (Å²) in [5.74, 6) is 2.07. The lowest BCUT2D eigenvalue weighted by molar-refractivity contribution is 0.0963. The van der Waals surface area contributed by atoms with Crippen molar-refractivity contribution in [1.82, 2.24) is 5.32 Å². The van der Waals surface area contributed by atoms with Gasteiger partial charge in [0.1, 0.15) is 18.2 Å². The number of benzene rings is 3. The molecule has 3 aromatic rings. The van der Waals surface area contributed by atoms with E-state index in [2.05, 4.69) is 66.3 Å². The predicted molar refractivity (Wildman–Crippen MR) is 166 cm³/mol. The van der Waals surface area contributed by atoms with Crippen molar-refractivity contribution in [1.29, 1.82) is 0 Å². The molecule has 0 heterocycles. The van der Waals surface area contributed by atoms with Crippen molar-refractivity contribution in [2.45, 2.75) is 65.2 Å². The second-order valence-corrected chi connectivity index (χ2v) is 12.3. The molecule has 4 rings (SSSR count). The fraction of sp³-hybridized carbons (Fsp3) is 0.412. The quantitative estimate of drug-likeness (QED) is 0.209. The zero-order chi connectivity index (χ0) is 28.8. The van der Waals surface area contributed by atoms with Gasteiger partial charge in [-0.05, 0) is 121 Å². The molecule has 1 aliphatic carbocycles. The van der Waals surface area contributed by atoms with E-state index in [0.29, 0.717) is 29.9 Å². The van der Waals surface area contributed by atoms with Gasteiger partial charge < -0.3 is 10.1 Å². The van der Waals surface area contributed by atoms with Crippen LogP contribution in [-0.2, 0) is 6.42 Å². The number of aliphatic imine (C=N–C) groups is 1. The Morgan fingerprint density at radius 1 is 1.12 bits per heavy atom. The molecule has 0 radical (unpaired) electrons. The van der Waals surface area contributed by atoms with Gasteiger partial charge in [-0.15, -0.1) is 0 Å². The van der Waals surface area contributed by atoms with E-state index in [-0.39, 0.29) is 17.6 Å². The lowest BCUT2D eigenvalue weighted by Crippen LogP contribution is -2.18. The zero-order valence-electron chi connectivity index (χ0n) is 24.1. The van der Waals surface area contributed by atoms with Gasteiger partial charge in [-0.3, -0.25) is 9.79 Å². The van der Waals surface area contributed by atoms with Gasteiger partial charge in [-0.25, -0.2) is 4.39 Å². The summed E-state index contributed by atoms with van der Waals surface area (Å²) < 4.78 is 21.6. The first-order chi connectivity index (χ1) is 19.2. The van der Waals surface area contributed by atoms with Gasteiger partial charge >= 0.3 is 0 Å². The second-order valence-electron chi connectivity index (χ2n) is 11.3. The molecule has 1 amide bonds. The van der Waals surface area contributed by atoms with Crippen LogP contribution in [0.4, 0.5) is 10.1 Å². The third-order valence-corrected chi connectivity index (χ3v) is 8.19. The second kappa shape index (κ2) is 13.6. The van der Waals surface area contributed by atoms with Crippen molar-refractivity contribution < 1.29 is 13.9 Å². The van der Waals surface area contributed by atoms with Crippen molar-refractivity contribution >= 4 is 33.2 Å². The molecule has 1 fully saturated rings. The number of carbonyl (C=O) groups excluding carboxylic acids is 1. The number of nitrogens with zero attached hydrogens (tertiary/aromatic N) is 1. The summed E-state index contributed by atoms with van der Waals surface area (Å²) in [5.41, 5.74) is 5.59. The van der Waals surface area contributed by atoms with E-state index in [9.17, 15) is 9.18 Å². The van der Waals surface area contributed by atoms with Crippen molar-refractivity contribution in [2.24, 2.45) is 16.8 Å². The van der Waals surface area contributed by atoms with E-state index in [1.165, 1.54) is 11.6 Å². The van der Waals surface area contributed by atoms with Gasteiger partial charge in [-0.2, -0.15) is 0 Å². The van der Waals surface area contributed by atoms with Crippen LogP contribution in [0.5, 0.6) is 5.75 Å². The van der Waals surface area contributed by atoms with Gasteiger partial charge in [0.15, 0.2) is 0 Å². The average molecular weight is 608 g/mol. The molecule has 0 bridgehead atoms. The molecular formula is C34H40BrFN2O2. The summed E-state index contributed by atoms with van der Waals surface area (Å²) >= 11 is 3.51. The third-order valence-electron chi connectivity index (χ3n) is 7.66. The zero-order valence-corrected chi connectivity index (χ0v) is 25.7. The summed E-state index contributed by atoms with van der Waals surface area (Å²) in [4.78, 5) is 17.3. The number of amides is 1. The summed E-state index contributed by atoms with van der Waals surface area (Å²) in [6.07, 6.45) is 3.97. The highest BCUT2D eigenvalue weighted by Crippen LogP contribution is 2.52. The van der Waals surface area contributed by atoms with Gasteiger partial charge in [0.2, 0.25) is 0 Å². The summed E-state index contributed by atoms with van der Waals surface area (Å²) in [6.45, 7) is 8.80. The molecule has 3 atom stereocenters. The number of nitrogens with one attached hydrogen (secondary N) is 1. The molecule has 6 heteroatoms. The number of hydrogen-bond acceptors (Lipinski definition) is 3. The standard InChI is InChI=1S/C34H40BrFN2O2/c1-6-24(15-21(2)3)30-19-28(36)12-13-32(30)38-22(4)20-40-33-14-9-25(34(39)37-5)17-31(33)29-18-26(29)16-23-7-10-27(35)11-8-23/h7-14,17,19,21,24,26,29H,6,15-16,18,20H2,1-5H3,(H,37,39). The Morgan fingerprint density at radius 3 is 2.55 bits per heavy atom. The monoisotopic (exact) mass is 606 g/mol. The first-order valence-electron chi connectivity index (χ1n) is 14.2. The van der Waals surface area contributed by atoms with Gasteiger partial charge in [-0.1, -0.05) is 48.8 Å². The molecule has 4 nitrogen and oxygen atoms in total. The highest BCUT2D eigenvalue weighted by molar-refractivity contribution is 9.10. The van der Waals surface area contributed by atoms with Crippen molar-refractivity contribution in [2.75, 3.05) is 13.7 Å². The minimum atomic E-state index is -0.229. The minimum Gasteiger partial charge on any atom is -0.487 e. The summed E-state index contributed by atoms with van der Waals surface area (Å²) in [5, 5.41) is 2.73. The van der Waals surface area contributed by atoms with Crippen LogP contribution in [0.2, 0.25) is 0 Å². The molecule has 3 unspecified atom stereocenters. The number of hydrogen-bond donors (Lipinski definition) is 1. The van der Waals surface area contributed by atoms with Gasteiger partial charge in [0.05, 0.1) is 11.4 Å². The molecular weight excluding hydrogens is 567 g/mol. The molecule has 0 saturated heterocycles. The highest BCUT2D eigenvalue weighted by Gasteiger charge is 2.40. The fourth-order valence-corrected chi connectivity index (χ4v) is 5.75. The maximum atomic E-state index is 14.2. The molecule has 3 aromatic carbocycles. The Hall–Kier alpha value is -2.99. The Bertz CT molecular complexity index is 1350. The van der Waals surface area contributed by atoms with Crippen LogP contribution in [0, 0.1) is 17.7 Å². The van der Waals surface area contributed by atoms with Crippen molar-refractivity contribution in [3.05, 3.63) is 93.2 Å². The lowest BCUT2D eigenvalue weighted by atomic mass is 9.87. The first-order valence-corrected chi connectivity index (χ1v) is 15.0. The van der Waals surface area contributed by atoms with Crippen LogP contribution in [0.3, 0.4) is 0 Å². The fourth-order valence-electron chi connectivity index (χ4n) is 5.49. The van der Waals surface area contributed by atoms with Crippen LogP contribution in [0.1, 0.15) is 85.8 Å². The van der Waals surface area contributed by atoms with Crippen molar-refractivity contribution in [3.8, 4) is 5.75 Å². The minimum absolute atomic E-state index is 0.105. The molecule has 1 saturated carbocycles. The number of ether oxygens (including phenoxy) is 1. The largest absolute Gasteiger partial charge is 0.487 e. The molecule has 212 valence electrons. The Labute approximate surface area is 246 Å². The molecule has 0 spiro atoms. The molecule has 40 heavy (non-hydrogen) atoms. The van der Waals surface area contributed by atoms with Crippen LogP contribution in [0.15, 0.2) is 70.1 Å². The molecule has 0 aromatic heterocycles. The van der Waals surface area contributed by atoms with Crippen LogP contribution < -0.4 is 10.1 Å². The van der Waals surface area contributed by atoms with Crippen LogP contribution in [-0.4, -0.2) is 25.3 Å². The van der Waals surface area contributed by atoms with E-state index >= 15 is 0 Å². The number of halogens is 2. The smallest absolute Gasteiger partial charge is 0.251 e. The van der Waals surface area contributed by atoms with Crippen LogP contribution in [0.25, 0.3) is 0 Å². The first kappa shape index (κ1) is 30.0. The predicted octanol–water partition coefficient (Wildman–Crippen LogP) is 9.01. The topological polar surface area (TPSA) is 50.7 Å². The number of carbonyl (C=O) groups is 1. The maximum Gasteiger partial charge on any atom is 0.251 e. The SMILES string of the molecule is CCC(CC(C)C)c1cc(F)ccc1N=C(C)COc1ccc(C(=O)NC)cc1C1CC1Cc1ccc(Br)cc1. The van der Waals surface area contributed by atoms with Crippen molar-refractivity contribution in [3.63, 3.8) is 0 Å². The number of rotatable bonds is 12. The lowest BCUT2D eigenvalue weighted by Gasteiger charge is -2.20. The van der Waals surface area contributed by atoms with E-state index in [1.54, 1.807) is 19.2 Å². The maximum absolute atomic E-state index is 14.2. The summed E-state index contributed by atoms with van der Waals surface area (Å²) in [7, 11) is 1.65. The Kier molecular flexibility index (Phi) is 10.2. The molecule has 1 aliphatic rings. The third kappa shape index (κ3) is 7.81. The molecule has 1 N–H and O–H groups in total. The average Bonchev–Trinajstić information content (AvgIpc) is 3.71. The van der Waals surface area contributed by atoms with Gasteiger partial charge in [0, 0.05) is 17.1 Å². The highest BCUT2D eigenvalue weighted by atomic mass is 79.9. The Balaban J connectivity index is 1.53. The summed E-state index contributed by atoms with van der Waals surface area (Å²) in [6, 6.07) is 19.1. The van der Waals surface area contributed by atoms with E-state index in [4.69, 9.17) is 9.73 Å². The Morgan fingerprint density at radius 2 is 1.88 bits per heavy atom. The molecule has 0 aliphatic heterocycles. The normalized spacial score (nSPS) is 17.6. The van der Waals surface area contributed by atoms with Crippen LogP contribution >= 0.6 is 15.9 Å². The van der Waals surface area contributed by atoms with E-state index in [0.717, 1.165) is 58.4 Å².